The summed E-state index contributed by atoms with van der Waals surface area (Å²) in [6, 6.07) is 14.0. The highest BCUT2D eigenvalue weighted by molar-refractivity contribution is 6.00. The van der Waals surface area contributed by atoms with Crippen LogP contribution in [0.5, 0.6) is 0 Å². The molecule has 1 aromatic heterocycles. The van der Waals surface area contributed by atoms with Gasteiger partial charge in [0, 0.05) is 5.56 Å². The van der Waals surface area contributed by atoms with Crippen molar-refractivity contribution in [1.29, 1.82) is 0 Å². The Kier molecular flexibility index (Phi) is 4.94. The molecular weight excluding hydrogens is 320 g/mol. The first kappa shape index (κ1) is 16.5. The van der Waals surface area contributed by atoms with E-state index >= 15 is 0 Å². The van der Waals surface area contributed by atoms with Crippen molar-refractivity contribution in [1.82, 2.24) is 20.2 Å². The van der Waals surface area contributed by atoms with Gasteiger partial charge in [-0.25, -0.2) is 4.79 Å². The summed E-state index contributed by atoms with van der Waals surface area (Å²) in [4.78, 5) is 24.5. The second kappa shape index (κ2) is 7.48. The fraction of sp³-hybridized carbons (Fsp3) is 0.167. The molecule has 1 heterocycles. The molecule has 0 saturated heterocycles. The molecule has 0 radical (unpaired) electrons. The van der Waals surface area contributed by atoms with E-state index in [0.29, 0.717) is 11.3 Å². The van der Waals surface area contributed by atoms with E-state index in [-0.39, 0.29) is 18.0 Å². The molecule has 0 amide bonds. The van der Waals surface area contributed by atoms with Crippen molar-refractivity contribution in [2.75, 3.05) is 6.61 Å². The molecule has 25 heavy (non-hydrogen) atoms. The van der Waals surface area contributed by atoms with Crippen LogP contribution in [0.3, 0.4) is 0 Å². The molecule has 0 aliphatic carbocycles. The SMILES string of the molecule is CCc1ccc(C(=O)COC(=O)c2ccccc2-n2cnnn2)cc1. The highest BCUT2D eigenvalue weighted by atomic mass is 16.5. The average molecular weight is 336 g/mol. The van der Waals surface area contributed by atoms with E-state index in [2.05, 4.69) is 15.5 Å². The van der Waals surface area contributed by atoms with Crippen molar-refractivity contribution in [3.8, 4) is 5.69 Å². The molecule has 0 atom stereocenters. The monoisotopic (exact) mass is 336 g/mol. The summed E-state index contributed by atoms with van der Waals surface area (Å²) >= 11 is 0. The van der Waals surface area contributed by atoms with Gasteiger partial charge in [-0.1, -0.05) is 43.3 Å². The number of carbonyl (C=O) groups excluding carboxylic acids is 2. The zero-order valence-electron chi connectivity index (χ0n) is 13.6. The second-order valence-electron chi connectivity index (χ2n) is 5.32. The molecule has 7 heteroatoms. The molecule has 7 nitrogen and oxygen atoms in total. The van der Waals surface area contributed by atoms with Crippen LogP contribution in [-0.2, 0) is 11.2 Å². The summed E-state index contributed by atoms with van der Waals surface area (Å²) in [5.41, 5.74) is 2.42. The Labute approximate surface area is 144 Å². The third-order valence-corrected chi connectivity index (χ3v) is 3.74. The third kappa shape index (κ3) is 3.77. The molecule has 0 unspecified atom stereocenters. The normalized spacial score (nSPS) is 10.4. The lowest BCUT2D eigenvalue weighted by molar-refractivity contribution is 0.0474. The Morgan fingerprint density at radius 1 is 1.08 bits per heavy atom. The lowest BCUT2D eigenvalue weighted by atomic mass is 10.1. The number of para-hydroxylation sites is 1. The molecule has 3 rings (SSSR count). The summed E-state index contributed by atoms with van der Waals surface area (Å²) in [5.74, 6) is -0.861. The van der Waals surface area contributed by atoms with E-state index in [1.807, 2.05) is 19.1 Å². The maximum atomic E-state index is 12.3. The fourth-order valence-electron chi connectivity index (χ4n) is 2.34. The number of nitrogens with zero attached hydrogens (tertiary/aromatic N) is 4. The zero-order valence-corrected chi connectivity index (χ0v) is 13.6. The van der Waals surface area contributed by atoms with Gasteiger partial charge in [-0.05, 0) is 34.5 Å². The smallest absolute Gasteiger partial charge is 0.340 e. The number of aryl methyl sites for hydroxylation is 1. The second-order valence-corrected chi connectivity index (χ2v) is 5.32. The molecule has 0 fully saturated rings. The number of ether oxygens (including phenoxy) is 1. The molecule has 0 N–H and O–H groups in total. The van der Waals surface area contributed by atoms with Crippen LogP contribution in [0.1, 0.15) is 33.2 Å². The Morgan fingerprint density at radius 2 is 1.84 bits per heavy atom. The van der Waals surface area contributed by atoms with Crippen LogP contribution in [0.2, 0.25) is 0 Å². The summed E-state index contributed by atoms with van der Waals surface area (Å²) in [7, 11) is 0. The maximum absolute atomic E-state index is 12.3. The number of tetrazole rings is 1. The van der Waals surface area contributed by atoms with Gasteiger partial charge in [0.15, 0.2) is 12.4 Å². The highest BCUT2D eigenvalue weighted by Gasteiger charge is 2.16. The van der Waals surface area contributed by atoms with Crippen molar-refractivity contribution in [3.63, 3.8) is 0 Å². The van der Waals surface area contributed by atoms with Gasteiger partial charge in [-0.3, -0.25) is 4.79 Å². The lowest BCUT2D eigenvalue weighted by Gasteiger charge is -2.08. The number of rotatable bonds is 6. The first-order valence-electron chi connectivity index (χ1n) is 7.80. The average Bonchev–Trinajstić information content (AvgIpc) is 3.20. The zero-order chi connectivity index (χ0) is 17.6. The minimum Gasteiger partial charge on any atom is -0.454 e. The van der Waals surface area contributed by atoms with E-state index in [4.69, 9.17) is 4.74 Å². The molecule has 0 bridgehead atoms. The minimum absolute atomic E-state index is 0.254. The van der Waals surface area contributed by atoms with E-state index in [9.17, 15) is 9.59 Å². The first-order valence-corrected chi connectivity index (χ1v) is 7.80. The minimum atomic E-state index is -0.607. The van der Waals surface area contributed by atoms with E-state index in [0.717, 1.165) is 12.0 Å². The molecule has 2 aromatic carbocycles. The Hall–Kier alpha value is -3.35. The number of ketones is 1. The lowest BCUT2D eigenvalue weighted by Crippen LogP contribution is -2.16. The molecule has 0 aliphatic rings. The van der Waals surface area contributed by atoms with Gasteiger partial charge >= 0.3 is 5.97 Å². The van der Waals surface area contributed by atoms with E-state index in [1.165, 1.54) is 11.0 Å². The number of esters is 1. The number of Topliss-reactive ketones (excluding diaryl/α,β-unsaturated/α-hetero) is 1. The number of carbonyl (C=O) groups is 2. The standard InChI is InChI=1S/C18H16N4O3/c1-2-13-7-9-14(10-8-13)17(23)11-25-18(24)15-5-3-4-6-16(15)22-12-19-20-21-22/h3-10,12H,2,11H2,1H3. The predicted octanol–water partition coefficient (Wildman–Crippen LogP) is 2.26. The Morgan fingerprint density at radius 3 is 2.52 bits per heavy atom. The topological polar surface area (TPSA) is 87.0 Å². The summed E-state index contributed by atoms with van der Waals surface area (Å²) < 4.78 is 6.53. The van der Waals surface area contributed by atoms with E-state index < -0.39 is 5.97 Å². The van der Waals surface area contributed by atoms with Crippen molar-refractivity contribution in [2.24, 2.45) is 0 Å². The predicted molar refractivity (Wildman–Crippen MR) is 89.6 cm³/mol. The molecule has 0 saturated carbocycles. The number of hydrogen-bond acceptors (Lipinski definition) is 6. The highest BCUT2D eigenvalue weighted by Crippen LogP contribution is 2.14. The molecule has 126 valence electrons. The van der Waals surface area contributed by atoms with Gasteiger partial charge in [-0.2, -0.15) is 4.68 Å². The number of benzene rings is 2. The van der Waals surface area contributed by atoms with Crippen molar-refractivity contribution in [3.05, 3.63) is 71.5 Å². The van der Waals surface area contributed by atoms with Crippen LogP contribution in [0, 0.1) is 0 Å². The van der Waals surface area contributed by atoms with E-state index in [1.54, 1.807) is 36.4 Å². The molecule has 0 aliphatic heterocycles. The van der Waals surface area contributed by atoms with Gasteiger partial charge in [0.25, 0.3) is 0 Å². The van der Waals surface area contributed by atoms with Gasteiger partial charge < -0.3 is 4.74 Å². The van der Waals surface area contributed by atoms with Gasteiger partial charge in [0.05, 0.1) is 11.3 Å². The third-order valence-electron chi connectivity index (χ3n) is 3.74. The summed E-state index contributed by atoms with van der Waals surface area (Å²) in [6.45, 7) is 1.72. The fourth-order valence-corrected chi connectivity index (χ4v) is 2.34. The largest absolute Gasteiger partial charge is 0.454 e. The molecule has 3 aromatic rings. The first-order chi connectivity index (χ1) is 12.2. The molecular formula is C18H16N4O3. The van der Waals surface area contributed by atoms with Gasteiger partial charge in [0.1, 0.15) is 6.33 Å². The van der Waals surface area contributed by atoms with Crippen molar-refractivity contribution in [2.45, 2.75) is 13.3 Å². The quantitative estimate of drug-likeness (QED) is 0.507. The van der Waals surface area contributed by atoms with Crippen LogP contribution in [0.4, 0.5) is 0 Å². The van der Waals surface area contributed by atoms with Crippen molar-refractivity contribution < 1.29 is 14.3 Å². The Bertz CT molecular complexity index is 874. The Balaban J connectivity index is 1.70. The van der Waals surface area contributed by atoms with Crippen LogP contribution in [0.15, 0.2) is 54.9 Å². The van der Waals surface area contributed by atoms with Crippen LogP contribution < -0.4 is 0 Å². The summed E-state index contributed by atoms with van der Waals surface area (Å²) in [5, 5.41) is 10.9. The van der Waals surface area contributed by atoms with Crippen LogP contribution in [-0.4, -0.2) is 38.6 Å². The van der Waals surface area contributed by atoms with Crippen molar-refractivity contribution >= 4 is 11.8 Å². The summed E-state index contributed by atoms with van der Waals surface area (Å²) in [6.07, 6.45) is 2.28. The van der Waals surface area contributed by atoms with Crippen LogP contribution >= 0.6 is 0 Å². The number of aromatic nitrogens is 4. The van der Waals surface area contributed by atoms with Gasteiger partial charge in [-0.15, -0.1) is 5.10 Å². The van der Waals surface area contributed by atoms with Gasteiger partial charge in [0.2, 0.25) is 0 Å². The number of hydrogen-bond donors (Lipinski definition) is 0. The molecule has 0 spiro atoms. The maximum Gasteiger partial charge on any atom is 0.340 e. The van der Waals surface area contributed by atoms with Crippen LogP contribution in [0.25, 0.3) is 5.69 Å².